The lowest BCUT2D eigenvalue weighted by Crippen LogP contribution is -2.41. The highest BCUT2D eigenvalue weighted by Crippen LogP contribution is 2.39. The Balaban J connectivity index is 2.09. The van der Waals surface area contributed by atoms with Crippen molar-refractivity contribution < 1.29 is 4.39 Å². The Bertz CT molecular complexity index is 361. The fourth-order valence-electron chi connectivity index (χ4n) is 2.89. The second-order valence-electron chi connectivity index (χ2n) is 5.74. The molecule has 0 bridgehead atoms. The predicted molar refractivity (Wildman–Crippen MR) is 69.1 cm³/mol. The number of hydrogen-bond donors (Lipinski definition) is 1. The maximum Gasteiger partial charge on any atom is 0.123 e. The fourth-order valence-corrected chi connectivity index (χ4v) is 2.89. The molecule has 17 heavy (non-hydrogen) atoms. The molecule has 0 aliphatic heterocycles. The molecule has 0 spiro atoms. The van der Waals surface area contributed by atoms with Gasteiger partial charge < -0.3 is 5.73 Å². The molecule has 1 fully saturated rings. The molecule has 0 amide bonds. The minimum Gasteiger partial charge on any atom is -0.321 e. The molecule has 2 rings (SSSR count). The van der Waals surface area contributed by atoms with Crippen LogP contribution in [0.4, 0.5) is 4.39 Å². The van der Waals surface area contributed by atoms with Crippen molar-refractivity contribution >= 4 is 0 Å². The minimum atomic E-state index is -0.237. The molecule has 0 radical (unpaired) electrons. The largest absolute Gasteiger partial charge is 0.321 e. The van der Waals surface area contributed by atoms with E-state index in [1.165, 1.54) is 25.0 Å². The van der Waals surface area contributed by atoms with Gasteiger partial charge in [-0.15, -0.1) is 0 Å². The van der Waals surface area contributed by atoms with Crippen molar-refractivity contribution in [2.24, 2.45) is 17.6 Å². The molecule has 1 nitrogen and oxygen atoms in total. The molecular weight excluding hydrogens is 213 g/mol. The van der Waals surface area contributed by atoms with Crippen LogP contribution in [0.3, 0.4) is 0 Å². The molecule has 2 N–H and O–H groups in total. The average molecular weight is 235 g/mol. The van der Waals surface area contributed by atoms with E-state index in [1.54, 1.807) is 0 Å². The summed E-state index contributed by atoms with van der Waals surface area (Å²) in [5, 5.41) is 0. The van der Waals surface area contributed by atoms with Crippen molar-refractivity contribution in [3.05, 3.63) is 35.6 Å². The summed E-state index contributed by atoms with van der Waals surface area (Å²) < 4.78 is 12.9. The lowest BCUT2D eigenvalue weighted by atomic mass is 9.70. The first kappa shape index (κ1) is 12.6. The summed E-state index contributed by atoms with van der Waals surface area (Å²) in [4.78, 5) is 0. The van der Waals surface area contributed by atoms with Crippen molar-refractivity contribution in [2.75, 3.05) is 0 Å². The van der Waals surface area contributed by atoms with Gasteiger partial charge in [-0.1, -0.05) is 26.0 Å². The van der Waals surface area contributed by atoms with Gasteiger partial charge in [-0.05, 0) is 55.2 Å². The zero-order valence-electron chi connectivity index (χ0n) is 10.7. The molecule has 2 heteroatoms. The summed E-state index contributed by atoms with van der Waals surface area (Å²) >= 11 is 0. The topological polar surface area (TPSA) is 26.0 Å². The fraction of sp³-hybridized carbons (Fsp3) is 0.600. The Hall–Kier alpha value is -0.890. The van der Waals surface area contributed by atoms with E-state index >= 15 is 0 Å². The maximum absolute atomic E-state index is 12.9. The number of hydrogen-bond acceptors (Lipinski definition) is 1. The normalized spacial score (nSPS) is 29.6. The summed E-state index contributed by atoms with van der Waals surface area (Å²) in [5.74, 6) is 1.35. The van der Waals surface area contributed by atoms with Crippen LogP contribution in [0.25, 0.3) is 0 Å². The molecule has 94 valence electrons. The lowest BCUT2D eigenvalue weighted by Gasteiger charge is -2.39. The summed E-state index contributed by atoms with van der Waals surface area (Å²) in [7, 11) is 0. The van der Waals surface area contributed by atoms with Gasteiger partial charge in [-0.2, -0.15) is 0 Å². The highest BCUT2D eigenvalue weighted by molar-refractivity contribution is 5.25. The molecule has 1 saturated carbocycles. The molecular formula is C15H22FN. The highest BCUT2D eigenvalue weighted by Gasteiger charge is 2.33. The van der Waals surface area contributed by atoms with Crippen LogP contribution in [-0.2, 0) is 5.54 Å². The van der Waals surface area contributed by atoms with Crippen LogP contribution >= 0.6 is 0 Å². The standard InChI is InChI=1S/C15H22FN/c1-11(2)12-7-9-15(17,10-8-12)13-3-5-14(16)6-4-13/h3-6,11-12H,7-10,17H2,1-2H3. The molecule has 0 aromatic heterocycles. The summed E-state index contributed by atoms with van der Waals surface area (Å²) in [5.41, 5.74) is 7.32. The van der Waals surface area contributed by atoms with Crippen LogP contribution in [-0.4, -0.2) is 0 Å². The number of halogens is 1. The van der Waals surface area contributed by atoms with Crippen LogP contribution in [0.2, 0.25) is 0 Å². The smallest absolute Gasteiger partial charge is 0.123 e. The number of nitrogens with two attached hydrogens (primary N) is 1. The Morgan fingerprint density at radius 2 is 1.71 bits per heavy atom. The lowest BCUT2D eigenvalue weighted by molar-refractivity contribution is 0.196. The molecule has 0 saturated heterocycles. The van der Waals surface area contributed by atoms with E-state index in [-0.39, 0.29) is 11.4 Å². The zero-order chi connectivity index (χ0) is 12.5. The molecule has 1 aromatic rings. The van der Waals surface area contributed by atoms with Crippen molar-refractivity contribution in [3.63, 3.8) is 0 Å². The maximum atomic E-state index is 12.9. The van der Waals surface area contributed by atoms with Crippen LogP contribution < -0.4 is 5.73 Å². The Labute approximate surface area is 103 Å². The van der Waals surface area contributed by atoms with E-state index in [1.807, 2.05) is 12.1 Å². The number of rotatable bonds is 2. The average Bonchev–Trinajstić information content (AvgIpc) is 2.30. The minimum absolute atomic E-state index is 0.187. The first-order chi connectivity index (χ1) is 8.01. The second kappa shape index (κ2) is 4.77. The summed E-state index contributed by atoms with van der Waals surface area (Å²) in [6, 6.07) is 6.70. The van der Waals surface area contributed by atoms with Gasteiger partial charge >= 0.3 is 0 Å². The quantitative estimate of drug-likeness (QED) is 0.828. The SMILES string of the molecule is CC(C)C1CCC(N)(c2ccc(F)cc2)CC1. The highest BCUT2D eigenvalue weighted by atomic mass is 19.1. The van der Waals surface area contributed by atoms with Gasteiger partial charge in [0.05, 0.1) is 0 Å². The van der Waals surface area contributed by atoms with Crippen molar-refractivity contribution in [1.82, 2.24) is 0 Å². The van der Waals surface area contributed by atoms with Crippen molar-refractivity contribution in [2.45, 2.75) is 45.1 Å². The van der Waals surface area contributed by atoms with Crippen LogP contribution in [0.1, 0.15) is 45.1 Å². The molecule has 1 aliphatic carbocycles. The van der Waals surface area contributed by atoms with E-state index in [0.29, 0.717) is 0 Å². The van der Waals surface area contributed by atoms with Crippen LogP contribution in [0, 0.1) is 17.7 Å². The molecule has 1 aromatic carbocycles. The second-order valence-corrected chi connectivity index (χ2v) is 5.74. The molecule has 0 unspecified atom stereocenters. The van der Waals surface area contributed by atoms with E-state index in [0.717, 1.165) is 30.2 Å². The Morgan fingerprint density at radius 1 is 1.18 bits per heavy atom. The molecule has 0 atom stereocenters. The molecule has 1 aliphatic rings. The zero-order valence-corrected chi connectivity index (χ0v) is 10.7. The van der Waals surface area contributed by atoms with Crippen molar-refractivity contribution in [3.8, 4) is 0 Å². The predicted octanol–water partition coefficient (Wildman–Crippen LogP) is 3.83. The van der Waals surface area contributed by atoms with E-state index in [9.17, 15) is 4.39 Å². The van der Waals surface area contributed by atoms with E-state index in [2.05, 4.69) is 13.8 Å². The Kier molecular flexibility index (Phi) is 3.53. The monoisotopic (exact) mass is 235 g/mol. The number of benzene rings is 1. The third-order valence-corrected chi connectivity index (χ3v) is 4.28. The van der Waals surface area contributed by atoms with Gasteiger partial charge in [0.2, 0.25) is 0 Å². The van der Waals surface area contributed by atoms with Gasteiger partial charge in [0.15, 0.2) is 0 Å². The van der Waals surface area contributed by atoms with E-state index in [4.69, 9.17) is 5.73 Å². The van der Waals surface area contributed by atoms with Gasteiger partial charge in [0.25, 0.3) is 0 Å². The van der Waals surface area contributed by atoms with Crippen molar-refractivity contribution in [1.29, 1.82) is 0 Å². The Morgan fingerprint density at radius 3 is 2.18 bits per heavy atom. The first-order valence-electron chi connectivity index (χ1n) is 6.56. The van der Waals surface area contributed by atoms with Gasteiger partial charge in [0.1, 0.15) is 5.82 Å². The van der Waals surface area contributed by atoms with Crippen LogP contribution in [0.5, 0.6) is 0 Å². The summed E-state index contributed by atoms with van der Waals surface area (Å²) in [6.07, 6.45) is 4.40. The first-order valence-corrected chi connectivity index (χ1v) is 6.56. The van der Waals surface area contributed by atoms with Gasteiger partial charge in [-0.25, -0.2) is 4.39 Å². The van der Waals surface area contributed by atoms with Crippen LogP contribution in [0.15, 0.2) is 24.3 Å². The van der Waals surface area contributed by atoms with E-state index < -0.39 is 0 Å². The van der Waals surface area contributed by atoms with Gasteiger partial charge in [-0.3, -0.25) is 0 Å². The summed E-state index contributed by atoms with van der Waals surface area (Å²) in [6.45, 7) is 4.57. The third-order valence-electron chi connectivity index (χ3n) is 4.28. The third kappa shape index (κ3) is 2.68. The van der Waals surface area contributed by atoms with Gasteiger partial charge in [0, 0.05) is 5.54 Å². The molecule has 0 heterocycles.